The lowest BCUT2D eigenvalue weighted by molar-refractivity contribution is 0.527. The molecule has 0 aliphatic heterocycles. The normalized spacial score (nSPS) is 10.9. The van der Waals surface area contributed by atoms with Crippen molar-refractivity contribution in [3.8, 4) is 0 Å². The molecule has 2 rings (SSSR count). The van der Waals surface area contributed by atoms with Gasteiger partial charge in [0.1, 0.15) is 22.4 Å². The van der Waals surface area contributed by atoms with Gasteiger partial charge in [0.2, 0.25) is 0 Å². The van der Waals surface area contributed by atoms with Crippen molar-refractivity contribution >= 4 is 17.6 Å². The highest BCUT2D eigenvalue weighted by Crippen LogP contribution is 2.31. The number of rotatable bonds is 4. The maximum absolute atomic E-state index is 5.42. The number of nitrogens with two attached hydrogens (primary N) is 1. The van der Waals surface area contributed by atoms with Gasteiger partial charge in [-0.05, 0) is 13.0 Å². The predicted molar refractivity (Wildman–Crippen MR) is 71.5 cm³/mol. The molecule has 0 radical (unpaired) electrons. The molecule has 0 bridgehead atoms. The summed E-state index contributed by atoms with van der Waals surface area (Å²) in [6.07, 6.45) is 1.67. The van der Waals surface area contributed by atoms with Crippen molar-refractivity contribution in [3.63, 3.8) is 0 Å². The molecule has 0 unspecified atom stereocenters. The highest BCUT2D eigenvalue weighted by molar-refractivity contribution is 7.99. The van der Waals surface area contributed by atoms with Crippen LogP contribution in [0.4, 0.5) is 5.82 Å². The van der Waals surface area contributed by atoms with E-state index in [1.54, 1.807) is 18.0 Å². The Morgan fingerprint density at radius 1 is 1.39 bits per heavy atom. The van der Waals surface area contributed by atoms with Gasteiger partial charge >= 0.3 is 0 Å². The van der Waals surface area contributed by atoms with Gasteiger partial charge in [-0.25, -0.2) is 15.8 Å². The molecule has 2 aromatic heterocycles. The summed E-state index contributed by atoms with van der Waals surface area (Å²) in [4.78, 5) is 9.88. The van der Waals surface area contributed by atoms with Crippen LogP contribution in [0, 0.1) is 6.92 Å². The maximum atomic E-state index is 5.42. The number of aromatic nitrogens is 2. The maximum Gasteiger partial charge on any atom is 0.144 e. The Kier molecular flexibility index (Phi) is 3.88. The van der Waals surface area contributed by atoms with Gasteiger partial charge in [0.25, 0.3) is 0 Å². The molecule has 3 N–H and O–H groups in total. The first-order valence-electron chi connectivity index (χ1n) is 5.67. The summed E-state index contributed by atoms with van der Waals surface area (Å²) in [5.41, 5.74) is 2.57. The fraction of sp³-hybridized carbons (Fsp3) is 0.333. The van der Waals surface area contributed by atoms with E-state index >= 15 is 0 Å². The molecule has 0 saturated heterocycles. The van der Waals surface area contributed by atoms with Crippen LogP contribution in [0.1, 0.15) is 31.4 Å². The quantitative estimate of drug-likeness (QED) is 0.502. The number of hydrogen-bond acceptors (Lipinski definition) is 6. The predicted octanol–water partition coefficient (Wildman–Crippen LogP) is 2.94. The van der Waals surface area contributed by atoms with E-state index in [2.05, 4.69) is 15.4 Å². The zero-order chi connectivity index (χ0) is 13.1. The monoisotopic (exact) mass is 264 g/mol. The van der Waals surface area contributed by atoms with E-state index in [0.717, 1.165) is 21.5 Å². The molecule has 0 fully saturated rings. The Morgan fingerprint density at radius 2 is 2.17 bits per heavy atom. The van der Waals surface area contributed by atoms with Gasteiger partial charge < -0.3 is 9.84 Å². The third-order valence-electron chi connectivity index (χ3n) is 2.41. The van der Waals surface area contributed by atoms with E-state index in [1.807, 2.05) is 32.9 Å². The summed E-state index contributed by atoms with van der Waals surface area (Å²) in [6.45, 7) is 6.02. The van der Waals surface area contributed by atoms with Crippen LogP contribution in [-0.4, -0.2) is 9.97 Å². The molecule has 0 aliphatic rings. The molecule has 2 aromatic rings. The molecule has 2 heterocycles. The molecule has 0 atom stereocenters. The number of aryl methyl sites for hydroxylation is 1. The Bertz CT molecular complexity index is 539. The van der Waals surface area contributed by atoms with Gasteiger partial charge in [-0.15, -0.1) is 0 Å². The highest BCUT2D eigenvalue weighted by Gasteiger charge is 2.10. The molecule has 5 nitrogen and oxygen atoms in total. The van der Waals surface area contributed by atoms with Crippen molar-refractivity contribution in [2.75, 3.05) is 5.43 Å². The molecule has 18 heavy (non-hydrogen) atoms. The SMILES string of the molecule is Cc1occc1Sc1cc(NN)nc(C(C)C)n1. The van der Waals surface area contributed by atoms with E-state index < -0.39 is 0 Å². The van der Waals surface area contributed by atoms with E-state index in [-0.39, 0.29) is 5.92 Å². The number of furan rings is 1. The van der Waals surface area contributed by atoms with Crippen LogP contribution >= 0.6 is 11.8 Å². The van der Waals surface area contributed by atoms with Crippen LogP contribution < -0.4 is 11.3 Å². The first-order chi connectivity index (χ1) is 8.60. The Hall–Kier alpha value is -1.53. The Balaban J connectivity index is 2.32. The summed E-state index contributed by atoms with van der Waals surface area (Å²) >= 11 is 1.54. The van der Waals surface area contributed by atoms with E-state index in [1.165, 1.54) is 0 Å². The largest absolute Gasteiger partial charge is 0.468 e. The molecule has 0 spiro atoms. The van der Waals surface area contributed by atoms with Crippen LogP contribution in [-0.2, 0) is 0 Å². The fourth-order valence-corrected chi connectivity index (χ4v) is 2.27. The van der Waals surface area contributed by atoms with Crippen LogP contribution in [0.5, 0.6) is 0 Å². The molecule has 0 amide bonds. The first kappa shape index (κ1) is 12.9. The smallest absolute Gasteiger partial charge is 0.144 e. The number of anilines is 1. The summed E-state index contributed by atoms with van der Waals surface area (Å²) in [5, 5.41) is 0.853. The Labute approximate surface area is 110 Å². The fourth-order valence-electron chi connectivity index (χ4n) is 1.42. The van der Waals surface area contributed by atoms with Crippen LogP contribution in [0.15, 0.2) is 32.7 Å². The molecule has 6 heteroatoms. The second-order valence-electron chi connectivity index (χ2n) is 4.19. The van der Waals surface area contributed by atoms with Crippen molar-refractivity contribution in [1.82, 2.24) is 9.97 Å². The number of nitrogens with zero attached hydrogens (tertiary/aromatic N) is 2. The van der Waals surface area contributed by atoms with Gasteiger partial charge in [-0.3, -0.25) is 0 Å². The molecular formula is C12H16N4OS. The summed E-state index contributed by atoms with van der Waals surface area (Å²) in [7, 11) is 0. The van der Waals surface area contributed by atoms with E-state index in [4.69, 9.17) is 10.3 Å². The van der Waals surface area contributed by atoms with Crippen molar-refractivity contribution < 1.29 is 4.42 Å². The lowest BCUT2D eigenvalue weighted by Gasteiger charge is -2.09. The van der Waals surface area contributed by atoms with Gasteiger partial charge in [-0.2, -0.15) is 0 Å². The van der Waals surface area contributed by atoms with Crippen LogP contribution in [0.2, 0.25) is 0 Å². The third kappa shape index (κ3) is 2.83. The summed E-state index contributed by atoms with van der Waals surface area (Å²) < 4.78 is 5.27. The van der Waals surface area contributed by atoms with E-state index in [9.17, 15) is 0 Å². The van der Waals surface area contributed by atoms with Gasteiger partial charge in [0.15, 0.2) is 0 Å². The lowest BCUT2D eigenvalue weighted by atomic mass is 10.2. The highest BCUT2D eigenvalue weighted by atomic mass is 32.2. The van der Waals surface area contributed by atoms with Gasteiger partial charge in [0.05, 0.1) is 11.2 Å². The molecule has 0 aliphatic carbocycles. The third-order valence-corrected chi connectivity index (χ3v) is 3.47. The second kappa shape index (κ2) is 5.41. The van der Waals surface area contributed by atoms with Gasteiger partial charge in [0, 0.05) is 12.0 Å². The summed E-state index contributed by atoms with van der Waals surface area (Å²) in [6, 6.07) is 3.75. The zero-order valence-electron chi connectivity index (χ0n) is 10.6. The molecule has 0 aromatic carbocycles. The number of hydrazine groups is 1. The molecule has 96 valence electrons. The minimum Gasteiger partial charge on any atom is -0.468 e. The standard InChI is InChI=1S/C12H16N4OS/c1-7(2)12-14-10(16-13)6-11(15-12)18-9-4-5-17-8(9)3/h4-7H,13H2,1-3H3,(H,14,15,16). The van der Waals surface area contributed by atoms with Crippen molar-refractivity contribution in [2.45, 2.75) is 36.6 Å². The van der Waals surface area contributed by atoms with Gasteiger partial charge in [-0.1, -0.05) is 25.6 Å². The van der Waals surface area contributed by atoms with Crippen molar-refractivity contribution in [1.29, 1.82) is 0 Å². The average Bonchev–Trinajstić information content (AvgIpc) is 2.74. The first-order valence-corrected chi connectivity index (χ1v) is 6.49. The van der Waals surface area contributed by atoms with Crippen molar-refractivity contribution in [2.24, 2.45) is 5.84 Å². The average molecular weight is 264 g/mol. The minimum atomic E-state index is 0.253. The number of hydrogen-bond donors (Lipinski definition) is 2. The summed E-state index contributed by atoms with van der Waals surface area (Å²) in [5.74, 6) is 7.95. The van der Waals surface area contributed by atoms with E-state index in [0.29, 0.717) is 5.82 Å². The van der Waals surface area contributed by atoms with Crippen LogP contribution in [0.3, 0.4) is 0 Å². The number of nitrogen functional groups attached to an aromatic ring is 1. The van der Waals surface area contributed by atoms with Crippen molar-refractivity contribution in [3.05, 3.63) is 30.0 Å². The zero-order valence-corrected chi connectivity index (χ0v) is 11.4. The topological polar surface area (TPSA) is 77.0 Å². The lowest BCUT2D eigenvalue weighted by Crippen LogP contribution is -2.11. The molecular weight excluding hydrogens is 248 g/mol. The minimum absolute atomic E-state index is 0.253. The van der Waals surface area contributed by atoms with Crippen LogP contribution in [0.25, 0.3) is 0 Å². The molecule has 0 saturated carbocycles. The Morgan fingerprint density at radius 3 is 2.72 bits per heavy atom. The number of nitrogens with one attached hydrogen (secondary N) is 1. The second-order valence-corrected chi connectivity index (χ2v) is 5.25.